The molecule has 1 aromatic carbocycles. The van der Waals surface area contributed by atoms with Crippen LogP contribution in [0.25, 0.3) is 0 Å². The van der Waals surface area contributed by atoms with Crippen molar-refractivity contribution < 1.29 is 19.2 Å². The molecule has 4 rings (SSSR count). The molecule has 0 bridgehead atoms. The third-order valence-electron chi connectivity index (χ3n) is 5.16. The number of carbonyl (C=O) groups excluding carboxylic acids is 1. The molecule has 2 aliphatic heterocycles. The quantitative estimate of drug-likeness (QED) is 0.745. The highest BCUT2D eigenvalue weighted by molar-refractivity contribution is 5.77. The number of aromatic nitrogens is 2. The molecule has 1 fully saturated rings. The van der Waals surface area contributed by atoms with Crippen molar-refractivity contribution in [3.05, 3.63) is 42.2 Å². The average molecular weight is 384 g/mol. The summed E-state index contributed by atoms with van der Waals surface area (Å²) in [6.45, 7) is 7.08. The monoisotopic (exact) mass is 384 g/mol. The van der Waals surface area contributed by atoms with E-state index in [4.69, 9.17) is 9.47 Å². The van der Waals surface area contributed by atoms with E-state index in [0.717, 1.165) is 49.2 Å². The maximum absolute atomic E-state index is 12.5. The summed E-state index contributed by atoms with van der Waals surface area (Å²) in [4.78, 5) is 24.5. The van der Waals surface area contributed by atoms with E-state index in [2.05, 4.69) is 20.2 Å². The Balaban J connectivity index is 1.27. The van der Waals surface area contributed by atoms with Crippen LogP contribution in [0.15, 0.2) is 36.7 Å². The fraction of sp³-hybridized carbons (Fsp3) is 0.450. The second-order valence-electron chi connectivity index (χ2n) is 7.15. The number of nitrogens with one attached hydrogen (secondary N) is 2. The zero-order valence-electron chi connectivity index (χ0n) is 16.1. The molecule has 0 radical (unpaired) electrons. The lowest BCUT2D eigenvalue weighted by molar-refractivity contribution is -0.892. The molecule has 1 amide bonds. The van der Waals surface area contributed by atoms with Crippen molar-refractivity contribution >= 4 is 11.9 Å². The first kappa shape index (κ1) is 18.5. The van der Waals surface area contributed by atoms with E-state index in [0.29, 0.717) is 19.8 Å². The molecule has 8 heteroatoms. The Kier molecular flexibility index (Phi) is 5.57. The summed E-state index contributed by atoms with van der Waals surface area (Å²) in [7, 11) is 0. The second kappa shape index (κ2) is 8.43. The van der Waals surface area contributed by atoms with Gasteiger partial charge in [0.2, 0.25) is 5.95 Å². The van der Waals surface area contributed by atoms with E-state index in [1.54, 1.807) is 12.4 Å². The summed E-state index contributed by atoms with van der Waals surface area (Å²) in [6.07, 6.45) is 3.52. The molecular formula is C20H26N5O3+. The van der Waals surface area contributed by atoms with Gasteiger partial charge < -0.3 is 24.6 Å². The number of quaternary nitrogens is 1. The first-order chi connectivity index (χ1) is 13.7. The van der Waals surface area contributed by atoms with Gasteiger partial charge >= 0.3 is 0 Å². The van der Waals surface area contributed by atoms with Crippen molar-refractivity contribution in [1.29, 1.82) is 0 Å². The zero-order chi connectivity index (χ0) is 19.3. The van der Waals surface area contributed by atoms with Gasteiger partial charge in [-0.3, -0.25) is 4.79 Å². The van der Waals surface area contributed by atoms with Gasteiger partial charge in [0.1, 0.15) is 13.2 Å². The number of carbonyl (C=O) groups is 1. The lowest BCUT2D eigenvalue weighted by Gasteiger charge is -2.32. The molecule has 2 N–H and O–H groups in total. The van der Waals surface area contributed by atoms with Crippen LogP contribution in [-0.4, -0.2) is 61.8 Å². The van der Waals surface area contributed by atoms with E-state index in [1.165, 1.54) is 4.90 Å². The lowest BCUT2D eigenvalue weighted by atomic mass is 10.1. The fourth-order valence-corrected chi connectivity index (χ4v) is 3.59. The van der Waals surface area contributed by atoms with Crippen LogP contribution in [0, 0.1) is 0 Å². The van der Waals surface area contributed by atoms with Crippen molar-refractivity contribution in [2.45, 2.75) is 13.0 Å². The number of ether oxygens (including phenoxy) is 2. The SMILES string of the molecule is C[C@@H](NC(=O)C[NH+]1CCN(c2ncccn2)CC1)c1ccc2c(c1)OCCO2. The van der Waals surface area contributed by atoms with Gasteiger partial charge in [0, 0.05) is 12.4 Å². The number of amides is 1. The van der Waals surface area contributed by atoms with Crippen LogP contribution in [0.5, 0.6) is 11.5 Å². The molecule has 0 spiro atoms. The van der Waals surface area contributed by atoms with Crippen LogP contribution in [0.1, 0.15) is 18.5 Å². The molecule has 28 heavy (non-hydrogen) atoms. The van der Waals surface area contributed by atoms with E-state index in [9.17, 15) is 4.79 Å². The van der Waals surface area contributed by atoms with E-state index < -0.39 is 0 Å². The predicted molar refractivity (Wildman–Crippen MR) is 104 cm³/mol. The van der Waals surface area contributed by atoms with Crippen LogP contribution in [0.4, 0.5) is 5.95 Å². The second-order valence-corrected chi connectivity index (χ2v) is 7.15. The van der Waals surface area contributed by atoms with Crippen LogP contribution >= 0.6 is 0 Å². The number of hydrogen-bond donors (Lipinski definition) is 2. The van der Waals surface area contributed by atoms with Gasteiger partial charge in [0.05, 0.1) is 32.2 Å². The largest absolute Gasteiger partial charge is 0.486 e. The summed E-state index contributed by atoms with van der Waals surface area (Å²) in [5.41, 5.74) is 1.01. The van der Waals surface area contributed by atoms with Gasteiger partial charge in [-0.1, -0.05) is 6.07 Å². The third kappa shape index (κ3) is 4.33. The molecule has 1 atom stereocenters. The van der Waals surface area contributed by atoms with Crippen LogP contribution < -0.4 is 24.6 Å². The standard InChI is InChI=1S/C20H25N5O3/c1-15(16-3-4-17-18(13-16)28-12-11-27-17)23-19(26)14-24-7-9-25(10-8-24)20-21-5-2-6-22-20/h2-6,13,15H,7-12,14H2,1H3,(H,23,26)/p+1/t15-/m1/s1. The highest BCUT2D eigenvalue weighted by Gasteiger charge is 2.24. The van der Waals surface area contributed by atoms with Gasteiger partial charge in [-0.25, -0.2) is 9.97 Å². The summed E-state index contributed by atoms with van der Waals surface area (Å²) in [6, 6.07) is 7.57. The molecule has 2 aliphatic rings. The molecular weight excluding hydrogens is 358 g/mol. The molecule has 3 heterocycles. The van der Waals surface area contributed by atoms with Crippen molar-refractivity contribution in [2.75, 3.05) is 50.8 Å². The summed E-state index contributed by atoms with van der Waals surface area (Å²) < 4.78 is 11.2. The Bertz CT molecular complexity index is 809. The molecule has 8 nitrogen and oxygen atoms in total. The Morgan fingerprint density at radius 2 is 1.89 bits per heavy atom. The fourth-order valence-electron chi connectivity index (χ4n) is 3.59. The van der Waals surface area contributed by atoms with Gasteiger partial charge in [-0.15, -0.1) is 0 Å². The summed E-state index contributed by atoms with van der Waals surface area (Å²) >= 11 is 0. The molecule has 0 aliphatic carbocycles. The number of piperazine rings is 1. The minimum absolute atomic E-state index is 0.0572. The van der Waals surface area contributed by atoms with E-state index >= 15 is 0 Å². The average Bonchev–Trinajstić information content (AvgIpc) is 2.74. The molecule has 148 valence electrons. The normalized spacial score (nSPS) is 17.8. The summed E-state index contributed by atoms with van der Waals surface area (Å²) in [5, 5.41) is 3.10. The zero-order valence-corrected chi connectivity index (χ0v) is 16.1. The number of anilines is 1. The van der Waals surface area contributed by atoms with Crippen molar-refractivity contribution in [3.63, 3.8) is 0 Å². The Morgan fingerprint density at radius 1 is 1.18 bits per heavy atom. The topological polar surface area (TPSA) is 81.0 Å². The lowest BCUT2D eigenvalue weighted by Crippen LogP contribution is -3.16. The van der Waals surface area contributed by atoms with E-state index in [-0.39, 0.29) is 11.9 Å². The van der Waals surface area contributed by atoms with Gasteiger partial charge in [0.25, 0.3) is 5.91 Å². The smallest absolute Gasteiger partial charge is 0.275 e. The number of hydrogen-bond acceptors (Lipinski definition) is 6. The van der Waals surface area contributed by atoms with Gasteiger partial charge in [-0.2, -0.15) is 0 Å². The van der Waals surface area contributed by atoms with Crippen LogP contribution in [0.3, 0.4) is 0 Å². The minimum Gasteiger partial charge on any atom is -0.486 e. The summed E-state index contributed by atoms with van der Waals surface area (Å²) in [5.74, 6) is 2.33. The highest BCUT2D eigenvalue weighted by Crippen LogP contribution is 2.32. The van der Waals surface area contributed by atoms with Crippen molar-refractivity contribution in [1.82, 2.24) is 15.3 Å². The predicted octanol–water partition coefficient (Wildman–Crippen LogP) is -0.170. The Hall–Kier alpha value is -2.87. The van der Waals surface area contributed by atoms with E-state index in [1.807, 2.05) is 31.2 Å². The minimum atomic E-state index is -0.0817. The Morgan fingerprint density at radius 3 is 2.64 bits per heavy atom. The highest BCUT2D eigenvalue weighted by atomic mass is 16.6. The molecule has 0 unspecified atom stereocenters. The van der Waals surface area contributed by atoms with Crippen molar-refractivity contribution in [2.24, 2.45) is 0 Å². The molecule has 1 aromatic heterocycles. The maximum Gasteiger partial charge on any atom is 0.275 e. The van der Waals surface area contributed by atoms with Crippen LogP contribution in [-0.2, 0) is 4.79 Å². The first-order valence-electron chi connectivity index (χ1n) is 9.73. The molecule has 2 aromatic rings. The van der Waals surface area contributed by atoms with Crippen molar-refractivity contribution in [3.8, 4) is 11.5 Å². The number of fused-ring (bicyclic) bond motifs is 1. The maximum atomic E-state index is 12.5. The Labute approximate surface area is 164 Å². The third-order valence-corrected chi connectivity index (χ3v) is 5.16. The number of nitrogens with zero attached hydrogens (tertiary/aromatic N) is 3. The molecule has 1 saturated heterocycles. The number of benzene rings is 1. The van der Waals surface area contributed by atoms with Gasteiger partial charge in [-0.05, 0) is 30.7 Å². The number of rotatable bonds is 5. The van der Waals surface area contributed by atoms with Crippen LogP contribution in [0.2, 0.25) is 0 Å². The molecule has 0 saturated carbocycles. The first-order valence-corrected chi connectivity index (χ1v) is 9.73. The van der Waals surface area contributed by atoms with Gasteiger partial charge in [0.15, 0.2) is 18.0 Å².